The van der Waals surface area contributed by atoms with Crippen molar-refractivity contribution < 1.29 is 0 Å². The molecule has 0 fully saturated rings. The summed E-state index contributed by atoms with van der Waals surface area (Å²) < 4.78 is 1.70. The van der Waals surface area contributed by atoms with E-state index in [9.17, 15) is 0 Å². The van der Waals surface area contributed by atoms with Gasteiger partial charge in [0.05, 0.1) is 11.9 Å². The topological polar surface area (TPSA) is 29.9 Å². The van der Waals surface area contributed by atoms with Crippen molar-refractivity contribution in [2.45, 2.75) is 0 Å². The van der Waals surface area contributed by atoms with Gasteiger partial charge in [-0.05, 0) is 24.3 Å². The molecule has 2 aromatic rings. The number of nitrogens with one attached hydrogen (secondary N) is 1. The average Bonchev–Trinajstić information content (AvgIpc) is 2.61. The molecule has 3 nitrogen and oxygen atoms in total. The number of rotatable bonds is 2. The first kappa shape index (κ1) is 10.3. The Bertz CT molecular complexity index is 462. The summed E-state index contributed by atoms with van der Waals surface area (Å²) in [5.41, 5.74) is 0.919. The molecule has 0 amide bonds. The van der Waals surface area contributed by atoms with Gasteiger partial charge < -0.3 is 5.32 Å². The van der Waals surface area contributed by atoms with Crippen molar-refractivity contribution in [3.63, 3.8) is 0 Å². The lowest BCUT2D eigenvalue weighted by atomic mass is 10.3. The minimum atomic E-state index is 0.590. The van der Waals surface area contributed by atoms with Crippen LogP contribution in [-0.2, 0) is 0 Å². The predicted molar refractivity (Wildman–Crippen MR) is 63.1 cm³/mol. The fourth-order valence-electron chi connectivity index (χ4n) is 1.25. The monoisotopic (exact) mass is 241 g/mol. The molecule has 0 spiro atoms. The Morgan fingerprint density at radius 2 is 1.87 bits per heavy atom. The predicted octanol–water partition coefficient (Wildman–Crippen LogP) is 3.22. The highest BCUT2D eigenvalue weighted by Crippen LogP contribution is 2.21. The zero-order chi connectivity index (χ0) is 10.8. The fourth-order valence-corrected chi connectivity index (χ4v) is 1.60. The standard InChI is InChI=1S/C10H9Cl2N3/c1-13-10-9(12)6-15(14-10)8-4-2-7(11)3-5-8/h2-6H,1H3,(H,13,14). The van der Waals surface area contributed by atoms with E-state index in [0.29, 0.717) is 15.9 Å². The number of hydrogen-bond donors (Lipinski definition) is 1. The number of halogens is 2. The van der Waals surface area contributed by atoms with Crippen molar-refractivity contribution in [3.05, 3.63) is 40.5 Å². The summed E-state index contributed by atoms with van der Waals surface area (Å²) in [5, 5.41) is 8.46. The van der Waals surface area contributed by atoms with E-state index in [1.54, 1.807) is 17.9 Å². The second kappa shape index (κ2) is 4.13. The van der Waals surface area contributed by atoms with Crippen molar-refractivity contribution in [1.29, 1.82) is 0 Å². The van der Waals surface area contributed by atoms with Crippen LogP contribution < -0.4 is 5.32 Å². The number of hydrogen-bond acceptors (Lipinski definition) is 2. The molecule has 0 atom stereocenters. The maximum Gasteiger partial charge on any atom is 0.167 e. The number of benzene rings is 1. The second-order valence-electron chi connectivity index (χ2n) is 3.00. The average molecular weight is 242 g/mol. The van der Waals surface area contributed by atoms with Crippen molar-refractivity contribution in [1.82, 2.24) is 9.78 Å². The van der Waals surface area contributed by atoms with Crippen LogP contribution in [0.3, 0.4) is 0 Å². The van der Waals surface area contributed by atoms with Gasteiger partial charge in [-0.25, -0.2) is 4.68 Å². The van der Waals surface area contributed by atoms with E-state index in [0.717, 1.165) is 5.69 Å². The third-order valence-corrected chi connectivity index (χ3v) is 2.53. The zero-order valence-corrected chi connectivity index (χ0v) is 9.55. The van der Waals surface area contributed by atoms with Gasteiger partial charge in [-0.2, -0.15) is 0 Å². The smallest absolute Gasteiger partial charge is 0.167 e. The highest BCUT2D eigenvalue weighted by Gasteiger charge is 2.05. The van der Waals surface area contributed by atoms with E-state index in [-0.39, 0.29) is 0 Å². The van der Waals surface area contributed by atoms with Crippen molar-refractivity contribution in [2.75, 3.05) is 12.4 Å². The molecule has 2 rings (SSSR count). The van der Waals surface area contributed by atoms with Gasteiger partial charge in [0.15, 0.2) is 5.82 Å². The molecule has 0 radical (unpaired) electrons. The van der Waals surface area contributed by atoms with E-state index in [4.69, 9.17) is 23.2 Å². The Hall–Kier alpha value is -1.19. The van der Waals surface area contributed by atoms with E-state index < -0.39 is 0 Å². The summed E-state index contributed by atoms with van der Waals surface area (Å²) in [5.74, 6) is 0.659. The number of aromatic nitrogens is 2. The third-order valence-electron chi connectivity index (χ3n) is 2.00. The van der Waals surface area contributed by atoms with Crippen LogP contribution in [-0.4, -0.2) is 16.8 Å². The van der Waals surface area contributed by atoms with Gasteiger partial charge in [-0.15, -0.1) is 5.10 Å². The van der Waals surface area contributed by atoms with Crippen LogP contribution in [0.1, 0.15) is 0 Å². The van der Waals surface area contributed by atoms with Gasteiger partial charge in [0.2, 0.25) is 0 Å². The third kappa shape index (κ3) is 2.08. The largest absolute Gasteiger partial charge is 0.370 e. The normalized spacial score (nSPS) is 10.3. The Morgan fingerprint density at radius 1 is 1.20 bits per heavy atom. The van der Waals surface area contributed by atoms with Crippen LogP contribution in [0.4, 0.5) is 5.82 Å². The lowest BCUT2D eigenvalue weighted by molar-refractivity contribution is 0.883. The van der Waals surface area contributed by atoms with Crippen LogP contribution >= 0.6 is 23.2 Å². The van der Waals surface area contributed by atoms with E-state index in [1.165, 1.54) is 0 Å². The molecular weight excluding hydrogens is 233 g/mol. The molecule has 15 heavy (non-hydrogen) atoms. The van der Waals surface area contributed by atoms with E-state index in [2.05, 4.69) is 10.4 Å². The van der Waals surface area contributed by atoms with Gasteiger partial charge in [-0.3, -0.25) is 0 Å². The quantitative estimate of drug-likeness (QED) is 0.876. The van der Waals surface area contributed by atoms with Crippen LogP contribution in [0.25, 0.3) is 5.69 Å². The molecule has 0 aliphatic heterocycles. The van der Waals surface area contributed by atoms with E-state index >= 15 is 0 Å². The minimum absolute atomic E-state index is 0.590. The first-order chi connectivity index (χ1) is 7.20. The van der Waals surface area contributed by atoms with Crippen molar-refractivity contribution in [3.8, 4) is 5.69 Å². The Morgan fingerprint density at radius 3 is 2.40 bits per heavy atom. The Kier molecular flexibility index (Phi) is 2.84. The fraction of sp³-hybridized carbons (Fsp3) is 0.100. The molecule has 0 unspecified atom stereocenters. The molecule has 1 aromatic heterocycles. The van der Waals surface area contributed by atoms with Gasteiger partial charge in [0.1, 0.15) is 5.02 Å². The molecule has 1 aromatic carbocycles. The summed E-state index contributed by atoms with van der Waals surface area (Å²) in [4.78, 5) is 0. The summed E-state index contributed by atoms with van der Waals surface area (Å²) in [6.07, 6.45) is 1.75. The maximum atomic E-state index is 5.95. The summed E-state index contributed by atoms with van der Waals surface area (Å²) in [6.45, 7) is 0. The van der Waals surface area contributed by atoms with Gasteiger partial charge in [0.25, 0.3) is 0 Å². The SMILES string of the molecule is CNc1nn(-c2ccc(Cl)cc2)cc1Cl. The van der Waals surface area contributed by atoms with Crippen LogP contribution in [0.15, 0.2) is 30.5 Å². The van der Waals surface area contributed by atoms with Crippen LogP contribution in [0.2, 0.25) is 10.0 Å². The Balaban J connectivity index is 2.41. The first-order valence-corrected chi connectivity index (χ1v) is 5.15. The molecule has 0 aliphatic carbocycles. The zero-order valence-electron chi connectivity index (χ0n) is 8.04. The lowest BCUT2D eigenvalue weighted by Crippen LogP contribution is -1.96. The second-order valence-corrected chi connectivity index (χ2v) is 3.84. The van der Waals surface area contributed by atoms with Crippen molar-refractivity contribution in [2.24, 2.45) is 0 Å². The molecule has 0 saturated carbocycles. The minimum Gasteiger partial charge on any atom is -0.370 e. The van der Waals surface area contributed by atoms with E-state index in [1.807, 2.05) is 24.3 Å². The van der Waals surface area contributed by atoms with Gasteiger partial charge >= 0.3 is 0 Å². The Labute approximate surface area is 97.6 Å². The van der Waals surface area contributed by atoms with Crippen LogP contribution in [0.5, 0.6) is 0 Å². The highest BCUT2D eigenvalue weighted by molar-refractivity contribution is 6.32. The molecule has 0 bridgehead atoms. The summed E-state index contributed by atoms with van der Waals surface area (Å²) in [7, 11) is 1.78. The summed E-state index contributed by atoms with van der Waals surface area (Å²) in [6, 6.07) is 7.38. The van der Waals surface area contributed by atoms with Crippen molar-refractivity contribution >= 4 is 29.0 Å². The molecule has 5 heteroatoms. The maximum absolute atomic E-state index is 5.95. The lowest BCUT2D eigenvalue weighted by Gasteiger charge is -2.00. The number of anilines is 1. The summed E-state index contributed by atoms with van der Waals surface area (Å²) >= 11 is 11.7. The highest BCUT2D eigenvalue weighted by atomic mass is 35.5. The first-order valence-electron chi connectivity index (χ1n) is 4.39. The molecule has 1 heterocycles. The van der Waals surface area contributed by atoms with Crippen LogP contribution in [0, 0.1) is 0 Å². The molecule has 1 N–H and O–H groups in total. The molecular formula is C10H9Cl2N3. The molecule has 0 aliphatic rings. The molecule has 78 valence electrons. The number of nitrogens with zero attached hydrogens (tertiary/aromatic N) is 2. The molecule has 0 saturated heterocycles. The van der Waals surface area contributed by atoms with Gasteiger partial charge in [-0.1, -0.05) is 23.2 Å². The van der Waals surface area contributed by atoms with Gasteiger partial charge in [0, 0.05) is 12.1 Å².